The third kappa shape index (κ3) is 2.38. The standard InChI is InChI=1S/C10H9N3OS/c14-10-11-9(15)8(12-13-10)6-7-4-2-1-3-5-7/h1-5H,6H2,(H2,11,13,14,15). The van der Waals surface area contributed by atoms with Gasteiger partial charge in [-0.2, -0.15) is 5.10 Å². The van der Waals surface area contributed by atoms with Gasteiger partial charge in [-0.25, -0.2) is 9.89 Å². The first-order valence-corrected chi connectivity index (χ1v) is 4.88. The summed E-state index contributed by atoms with van der Waals surface area (Å²) < 4.78 is 0.391. The minimum atomic E-state index is -0.378. The topological polar surface area (TPSA) is 61.5 Å². The summed E-state index contributed by atoms with van der Waals surface area (Å²) in [4.78, 5) is 13.4. The number of nitrogens with zero attached hydrogens (tertiary/aromatic N) is 1. The van der Waals surface area contributed by atoms with E-state index in [1.54, 1.807) is 0 Å². The Morgan fingerprint density at radius 3 is 2.67 bits per heavy atom. The number of hydrogen-bond donors (Lipinski definition) is 2. The molecule has 76 valence electrons. The van der Waals surface area contributed by atoms with Gasteiger partial charge in [0.25, 0.3) is 0 Å². The van der Waals surface area contributed by atoms with Crippen molar-refractivity contribution in [2.75, 3.05) is 0 Å². The molecule has 0 radical (unpaired) electrons. The highest BCUT2D eigenvalue weighted by Gasteiger charge is 2.00. The zero-order chi connectivity index (χ0) is 10.7. The van der Waals surface area contributed by atoms with E-state index in [2.05, 4.69) is 15.2 Å². The van der Waals surface area contributed by atoms with E-state index in [-0.39, 0.29) is 5.69 Å². The molecule has 2 aromatic rings. The minimum Gasteiger partial charge on any atom is -0.296 e. The molecule has 15 heavy (non-hydrogen) atoms. The molecule has 5 heteroatoms. The van der Waals surface area contributed by atoms with Gasteiger partial charge in [0.05, 0.1) is 5.69 Å². The maximum absolute atomic E-state index is 10.9. The predicted molar refractivity (Wildman–Crippen MR) is 59.3 cm³/mol. The fourth-order valence-corrected chi connectivity index (χ4v) is 1.49. The largest absolute Gasteiger partial charge is 0.340 e. The first kappa shape index (κ1) is 9.79. The lowest BCUT2D eigenvalue weighted by molar-refractivity contribution is 0.844. The number of benzene rings is 1. The molecule has 0 fully saturated rings. The predicted octanol–water partition coefficient (Wildman–Crippen LogP) is 1.42. The molecule has 1 heterocycles. The minimum absolute atomic E-state index is 0.378. The van der Waals surface area contributed by atoms with Crippen molar-refractivity contribution >= 4 is 12.2 Å². The summed E-state index contributed by atoms with van der Waals surface area (Å²) in [6.45, 7) is 0. The summed E-state index contributed by atoms with van der Waals surface area (Å²) in [5.74, 6) is 0. The van der Waals surface area contributed by atoms with Crippen molar-refractivity contribution in [2.24, 2.45) is 0 Å². The van der Waals surface area contributed by atoms with Gasteiger partial charge in [0.1, 0.15) is 4.64 Å². The molecule has 1 aromatic heterocycles. The van der Waals surface area contributed by atoms with Gasteiger partial charge in [0.2, 0.25) is 0 Å². The van der Waals surface area contributed by atoms with Gasteiger partial charge < -0.3 is 0 Å². The molecule has 0 aliphatic rings. The van der Waals surface area contributed by atoms with Crippen LogP contribution in [0.2, 0.25) is 0 Å². The molecule has 0 bridgehead atoms. The number of H-pyrrole nitrogens is 2. The van der Waals surface area contributed by atoms with Crippen molar-refractivity contribution in [3.05, 3.63) is 56.7 Å². The molecule has 0 saturated carbocycles. The van der Waals surface area contributed by atoms with E-state index in [1.165, 1.54) is 0 Å². The summed E-state index contributed by atoms with van der Waals surface area (Å²) in [6.07, 6.45) is 0.618. The molecule has 4 nitrogen and oxygen atoms in total. The van der Waals surface area contributed by atoms with Crippen molar-refractivity contribution in [3.63, 3.8) is 0 Å². The van der Waals surface area contributed by atoms with E-state index in [1.807, 2.05) is 30.3 Å². The molecule has 0 saturated heterocycles. The Kier molecular flexibility index (Phi) is 2.73. The molecule has 1 aromatic carbocycles. The first-order valence-electron chi connectivity index (χ1n) is 4.47. The summed E-state index contributed by atoms with van der Waals surface area (Å²) in [6, 6.07) is 9.83. The van der Waals surface area contributed by atoms with Crippen LogP contribution < -0.4 is 5.69 Å². The summed E-state index contributed by atoms with van der Waals surface area (Å²) >= 11 is 5.00. The van der Waals surface area contributed by atoms with Crippen molar-refractivity contribution in [1.82, 2.24) is 15.2 Å². The highest BCUT2D eigenvalue weighted by Crippen LogP contribution is 2.05. The highest BCUT2D eigenvalue weighted by atomic mass is 32.1. The van der Waals surface area contributed by atoms with E-state index in [4.69, 9.17) is 12.2 Å². The van der Waals surface area contributed by atoms with Crippen LogP contribution in [0, 0.1) is 4.64 Å². The second kappa shape index (κ2) is 4.18. The Bertz CT molecular complexity index is 559. The molecular formula is C10H9N3OS. The Morgan fingerprint density at radius 2 is 2.00 bits per heavy atom. The molecule has 0 aliphatic heterocycles. The van der Waals surface area contributed by atoms with Crippen LogP contribution in [-0.4, -0.2) is 15.2 Å². The first-order chi connectivity index (χ1) is 7.25. The summed E-state index contributed by atoms with van der Waals surface area (Å²) in [5.41, 5.74) is 1.41. The van der Waals surface area contributed by atoms with E-state index >= 15 is 0 Å². The Labute approximate surface area is 91.0 Å². The molecular weight excluding hydrogens is 210 g/mol. The third-order valence-corrected chi connectivity index (χ3v) is 2.33. The molecule has 0 aliphatic carbocycles. The lowest BCUT2D eigenvalue weighted by Crippen LogP contribution is -2.14. The normalized spacial score (nSPS) is 10.1. The van der Waals surface area contributed by atoms with E-state index in [0.717, 1.165) is 5.56 Å². The average molecular weight is 219 g/mol. The fraction of sp³-hybridized carbons (Fsp3) is 0.100. The van der Waals surface area contributed by atoms with Crippen molar-refractivity contribution < 1.29 is 0 Å². The van der Waals surface area contributed by atoms with Crippen LogP contribution in [0.25, 0.3) is 0 Å². The number of rotatable bonds is 2. The number of aromatic nitrogens is 3. The Hall–Kier alpha value is -1.75. The van der Waals surface area contributed by atoms with Crippen LogP contribution in [0.1, 0.15) is 11.3 Å². The average Bonchev–Trinajstić information content (AvgIpc) is 2.24. The molecule has 0 amide bonds. The van der Waals surface area contributed by atoms with Crippen LogP contribution in [0.4, 0.5) is 0 Å². The SMILES string of the molecule is O=c1[nH]nc(Cc2ccccc2)c(=S)[nH]1. The highest BCUT2D eigenvalue weighted by molar-refractivity contribution is 7.71. The van der Waals surface area contributed by atoms with Gasteiger partial charge in [0.15, 0.2) is 0 Å². The van der Waals surface area contributed by atoms with Gasteiger partial charge in [-0.1, -0.05) is 42.5 Å². The molecule has 0 atom stereocenters. The van der Waals surface area contributed by atoms with E-state index in [9.17, 15) is 4.79 Å². The number of aromatic amines is 2. The van der Waals surface area contributed by atoms with Crippen LogP contribution >= 0.6 is 12.2 Å². The van der Waals surface area contributed by atoms with Crippen LogP contribution in [0.3, 0.4) is 0 Å². The number of nitrogens with one attached hydrogen (secondary N) is 2. The second-order valence-electron chi connectivity index (χ2n) is 3.12. The van der Waals surface area contributed by atoms with E-state index in [0.29, 0.717) is 16.8 Å². The maximum Gasteiger partial charge on any atom is 0.340 e. The zero-order valence-corrected chi connectivity index (χ0v) is 8.67. The van der Waals surface area contributed by atoms with Crippen molar-refractivity contribution in [1.29, 1.82) is 0 Å². The maximum atomic E-state index is 10.9. The van der Waals surface area contributed by atoms with Crippen LogP contribution in [0.15, 0.2) is 35.1 Å². The molecule has 2 rings (SSSR count). The lowest BCUT2D eigenvalue weighted by Gasteiger charge is -1.99. The molecule has 2 N–H and O–H groups in total. The van der Waals surface area contributed by atoms with Crippen molar-refractivity contribution in [3.8, 4) is 0 Å². The molecule has 0 unspecified atom stereocenters. The van der Waals surface area contributed by atoms with Gasteiger partial charge >= 0.3 is 5.69 Å². The number of hydrogen-bond acceptors (Lipinski definition) is 3. The Balaban J connectivity index is 2.33. The monoisotopic (exact) mass is 219 g/mol. The van der Waals surface area contributed by atoms with Gasteiger partial charge in [0, 0.05) is 6.42 Å². The fourth-order valence-electron chi connectivity index (χ4n) is 1.28. The third-order valence-electron chi connectivity index (χ3n) is 2.00. The zero-order valence-electron chi connectivity index (χ0n) is 7.86. The molecule has 0 spiro atoms. The lowest BCUT2D eigenvalue weighted by atomic mass is 10.1. The van der Waals surface area contributed by atoms with Gasteiger partial charge in [-0.3, -0.25) is 4.98 Å². The van der Waals surface area contributed by atoms with Crippen molar-refractivity contribution in [2.45, 2.75) is 6.42 Å². The summed E-state index contributed by atoms with van der Waals surface area (Å²) in [5, 5.41) is 6.23. The van der Waals surface area contributed by atoms with Crippen LogP contribution in [-0.2, 0) is 6.42 Å². The second-order valence-corrected chi connectivity index (χ2v) is 3.52. The Morgan fingerprint density at radius 1 is 1.27 bits per heavy atom. The van der Waals surface area contributed by atoms with Gasteiger partial charge in [-0.05, 0) is 5.56 Å². The summed E-state index contributed by atoms with van der Waals surface area (Å²) in [7, 11) is 0. The smallest absolute Gasteiger partial charge is 0.296 e. The quantitative estimate of drug-likeness (QED) is 0.751. The van der Waals surface area contributed by atoms with Gasteiger partial charge in [-0.15, -0.1) is 0 Å². The van der Waals surface area contributed by atoms with Crippen LogP contribution in [0.5, 0.6) is 0 Å². The van der Waals surface area contributed by atoms with E-state index < -0.39 is 0 Å².